The third kappa shape index (κ3) is 8.47. The Hall–Kier alpha value is -3.56. The highest BCUT2D eigenvalue weighted by molar-refractivity contribution is 7.92. The zero-order chi connectivity index (χ0) is 30.4. The molecule has 0 aliphatic carbocycles. The van der Waals surface area contributed by atoms with Crippen molar-refractivity contribution in [2.24, 2.45) is 0 Å². The fourth-order valence-electron chi connectivity index (χ4n) is 4.31. The van der Waals surface area contributed by atoms with Gasteiger partial charge in [-0.25, -0.2) is 8.42 Å². The molecule has 1 N–H and O–H groups in total. The number of ether oxygens (including phenoxy) is 1. The molecule has 2 amide bonds. The molecular weight excluding hydrogens is 562 g/mol. The van der Waals surface area contributed by atoms with E-state index in [0.29, 0.717) is 17.2 Å². The van der Waals surface area contributed by atoms with Gasteiger partial charge in [-0.05, 0) is 88.2 Å². The Morgan fingerprint density at radius 1 is 1.00 bits per heavy atom. The minimum Gasteiger partial charge on any atom is -0.497 e. The largest absolute Gasteiger partial charge is 0.497 e. The summed E-state index contributed by atoms with van der Waals surface area (Å²) in [7, 11) is -2.61. The molecule has 0 aliphatic heterocycles. The average Bonchev–Trinajstić information content (AvgIpc) is 2.91. The molecule has 0 saturated carbocycles. The van der Waals surface area contributed by atoms with E-state index in [1.807, 2.05) is 40.7 Å². The van der Waals surface area contributed by atoms with Gasteiger partial charge in [-0.3, -0.25) is 13.9 Å². The monoisotopic (exact) mass is 599 g/mol. The number of methoxy groups -OCH3 is 1. The van der Waals surface area contributed by atoms with E-state index in [4.69, 9.17) is 16.3 Å². The minimum absolute atomic E-state index is 0.0442. The van der Waals surface area contributed by atoms with E-state index in [9.17, 15) is 18.0 Å². The summed E-state index contributed by atoms with van der Waals surface area (Å²) in [6.45, 7) is 8.82. The van der Waals surface area contributed by atoms with E-state index < -0.39 is 34.1 Å². The van der Waals surface area contributed by atoms with Crippen LogP contribution in [0.3, 0.4) is 0 Å². The number of carbonyl (C=O) groups is 2. The lowest BCUT2D eigenvalue weighted by Gasteiger charge is -2.34. The summed E-state index contributed by atoms with van der Waals surface area (Å²) < 4.78 is 34.2. The van der Waals surface area contributed by atoms with Gasteiger partial charge in [0.25, 0.3) is 10.0 Å². The minimum atomic E-state index is -4.16. The highest BCUT2D eigenvalue weighted by Crippen LogP contribution is 2.27. The Bertz CT molecular complexity index is 1450. The number of halogens is 1. The number of carbonyl (C=O) groups excluding carboxylic acids is 2. The molecule has 0 saturated heterocycles. The van der Waals surface area contributed by atoms with Crippen molar-refractivity contribution in [3.05, 3.63) is 88.9 Å². The lowest BCUT2D eigenvalue weighted by atomic mass is 10.1. The molecule has 0 aliphatic rings. The molecule has 10 heteroatoms. The second kappa shape index (κ2) is 13.4. The normalized spacial score (nSPS) is 12.4. The molecule has 0 fully saturated rings. The number of benzene rings is 3. The van der Waals surface area contributed by atoms with Crippen molar-refractivity contribution in [2.75, 3.05) is 18.0 Å². The number of amides is 2. The predicted octanol–water partition coefficient (Wildman–Crippen LogP) is 5.57. The van der Waals surface area contributed by atoms with Crippen molar-refractivity contribution < 1.29 is 22.7 Å². The summed E-state index contributed by atoms with van der Waals surface area (Å²) in [4.78, 5) is 29.0. The van der Waals surface area contributed by atoms with Crippen molar-refractivity contribution >= 4 is 39.1 Å². The van der Waals surface area contributed by atoms with Crippen LogP contribution in [0.25, 0.3) is 0 Å². The molecule has 8 nitrogen and oxygen atoms in total. The third-order valence-corrected chi connectivity index (χ3v) is 8.41. The summed E-state index contributed by atoms with van der Waals surface area (Å²) in [6, 6.07) is 19.0. The molecule has 0 spiro atoms. The molecule has 0 heterocycles. The Kier molecular flexibility index (Phi) is 10.4. The van der Waals surface area contributed by atoms with Crippen molar-refractivity contribution in [1.82, 2.24) is 10.2 Å². The fraction of sp³-hybridized carbons (Fsp3) is 0.355. The smallest absolute Gasteiger partial charge is 0.264 e. The Morgan fingerprint density at radius 2 is 1.63 bits per heavy atom. The molecule has 3 aromatic carbocycles. The van der Waals surface area contributed by atoms with Crippen molar-refractivity contribution in [1.29, 1.82) is 0 Å². The van der Waals surface area contributed by atoms with Crippen LogP contribution in [-0.4, -0.2) is 50.4 Å². The van der Waals surface area contributed by atoms with Gasteiger partial charge in [-0.1, -0.05) is 48.4 Å². The molecule has 0 aromatic heterocycles. The fourth-order valence-corrected chi connectivity index (χ4v) is 5.85. The molecule has 0 unspecified atom stereocenters. The maximum Gasteiger partial charge on any atom is 0.264 e. The summed E-state index contributed by atoms with van der Waals surface area (Å²) in [5.74, 6) is -0.253. The topological polar surface area (TPSA) is 96.0 Å². The number of hydrogen-bond donors (Lipinski definition) is 1. The Labute approximate surface area is 248 Å². The zero-order valence-electron chi connectivity index (χ0n) is 24.3. The van der Waals surface area contributed by atoms with Crippen LogP contribution < -0.4 is 14.4 Å². The first-order valence-corrected chi connectivity index (χ1v) is 15.2. The maximum absolute atomic E-state index is 14.1. The molecule has 41 heavy (non-hydrogen) atoms. The van der Waals surface area contributed by atoms with Crippen molar-refractivity contribution in [3.8, 4) is 5.75 Å². The second-order valence-electron chi connectivity index (χ2n) is 10.8. The number of nitrogens with zero attached hydrogens (tertiary/aromatic N) is 2. The standard InChI is InChI=1S/C31H38ClN3O5S/c1-7-28(30(37)33-31(3,4)5)34(20-23-9-8-10-26(19-23)40-6)29(36)21-35(25-15-13-24(32)14-16-25)41(38,39)27-17-11-22(2)12-18-27/h8-19,28H,7,20-21H2,1-6H3,(H,33,37)/t28-/m0/s1. The molecular formula is C31H38ClN3O5S. The van der Waals surface area contributed by atoms with Crippen LogP contribution in [0.2, 0.25) is 5.02 Å². The average molecular weight is 600 g/mol. The van der Waals surface area contributed by atoms with E-state index in [0.717, 1.165) is 15.4 Å². The number of sulfonamides is 1. The van der Waals surface area contributed by atoms with Crippen molar-refractivity contribution in [2.45, 2.75) is 64.1 Å². The van der Waals surface area contributed by atoms with Crippen LogP contribution in [0.5, 0.6) is 5.75 Å². The molecule has 3 aromatic rings. The van der Waals surface area contributed by atoms with Gasteiger partial charge in [0, 0.05) is 17.1 Å². The number of hydrogen-bond acceptors (Lipinski definition) is 5. The van der Waals surface area contributed by atoms with Crippen LogP contribution in [0, 0.1) is 6.92 Å². The van der Waals surface area contributed by atoms with Crippen LogP contribution in [0.1, 0.15) is 45.2 Å². The SMILES string of the molecule is CC[C@@H](C(=O)NC(C)(C)C)N(Cc1cccc(OC)c1)C(=O)CN(c1ccc(Cl)cc1)S(=O)(=O)c1ccc(C)cc1. The van der Waals surface area contributed by atoms with E-state index in [1.165, 1.54) is 17.0 Å². The van der Waals surface area contributed by atoms with Crippen LogP contribution in [0.4, 0.5) is 5.69 Å². The van der Waals surface area contributed by atoms with E-state index in [2.05, 4.69) is 5.32 Å². The molecule has 1 atom stereocenters. The first-order chi connectivity index (χ1) is 19.2. The highest BCUT2D eigenvalue weighted by Gasteiger charge is 2.34. The van der Waals surface area contributed by atoms with Crippen molar-refractivity contribution in [3.63, 3.8) is 0 Å². The van der Waals surface area contributed by atoms with Crippen LogP contribution in [0.15, 0.2) is 77.7 Å². The van der Waals surface area contributed by atoms with E-state index in [-0.39, 0.29) is 23.0 Å². The summed E-state index contributed by atoms with van der Waals surface area (Å²) >= 11 is 6.09. The van der Waals surface area contributed by atoms with Gasteiger partial charge in [0.15, 0.2) is 0 Å². The molecule has 220 valence electrons. The number of aryl methyl sites for hydroxylation is 1. The number of anilines is 1. The van der Waals surface area contributed by atoms with E-state index in [1.54, 1.807) is 61.7 Å². The lowest BCUT2D eigenvalue weighted by Crippen LogP contribution is -2.55. The van der Waals surface area contributed by atoms with Crippen LogP contribution in [-0.2, 0) is 26.2 Å². The molecule has 0 radical (unpaired) electrons. The summed E-state index contributed by atoms with van der Waals surface area (Å²) in [5, 5.41) is 3.39. The van der Waals surface area contributed by atoms with E-state index >= 15 is 0 Å². The molecule has 3 rings (SSSR count). The third-order valence-electron chi connectivity index (χ3n) is 6.37. The Morgan fingerprint density at radius 3 is 2.20 bits per heavy atom. The summed E-state index contributed by atoms with van der Waals surface area (Å²) in [5.41, 5.74) is 1.38. The number of nitrogens with one attached hydrogen (secondary N) is 1. The first kappa shape index (κ1) is 32.0. The zero-order valence-corrected chi connectivity index (χ0v) is 25.9. The lowest BCUT2D eigenvalue weighted by molar-refractivity contribution is -0.141. The van der Waals surface area contributed by atoms with Gasteiger partial charge < -0.3 is 15.0 Å². The van der Waals surface area contributed by atoms with Gasteiger partial charge in [0.1, 0.15) is 18.3 Å². The maximum atomic E-state index is 14.1. The number of rotatable bonds is 11. The predicted molar refractivity (Wildman–Crippen MR) is 163 cm³/mol. The van der Waals surface area contributed by atoms with Gasteiger partial charge in [-0.15, -0.1) is 0 Å². The van der Waals surface area contributed by atoms with Gasteiger partial charge >= 0.3 is 0 Å². The quantitative estimate of drug-likeness (QED) is 0.311. The van der Waals surface area contributed by atoms with Crippen LogP contribution >= 0.6 is 11.6 Å². The summed E-state index contributed by atoms with van der Waals surface area (Å²) in [6.07, 6.45) is 0.323. The van der Waals surface area contributed by atoms with Gasteiger partial charge in [0.05, 0.1) is 17.7 Å². The molecule has 0 bridgehead atoms. The van der Waals surface area contributed by atoms with Gasteiger partial charge in [0.2, 0.25) is 11.8 Å². The first-order valence-electron chi connectivity index (χ1n) is 13.3. The van der Waals surface area contributed by atoms with Gasteiger partial charge in [-0.2, -0.15) is 0 Å². The Balaban J connectivity index is 2.07. The second-order valence-corrected chi connectivity index (χ2v) is 13.1. The highest BCUT2D eigenvalue weighted by atomic mass is 35.5.